The normalized spacial score (nSPS) is 11.7. The molecule has 0 spiro atoms. The third-order valence-corrected chi connectivity index (χ3v) is 11.6. The van der Waals surface area contributed by atoms with Crippen molar-refractivity contribution >= 4 is 0 Å². The molecule has 1 rings (SSSR count). The minimum Gasteiger partial charge on any atom is -0.234 e. The molecule has 2 nitrogen and oxygen atoms in total. The van der Waals surface area contributed by atoms with Gasteiger partial charge in [0.25, 0.3) is 5.82 Å². The van der Waals surface area contributed by atoms with Gasteiger partial charge in [0, 0.05) is 6.42 Å². The molecule has 1 heterocycles. The second-order valence-corrected chi connectivity index (χ2v) is 16.6. The third-order valence-electron chi connectivity index (χ3n) is 11.6. The molecule has 2 heteroatoms. The van der Waals surface area contributed by atoms with Crippen LogP contribution in [0.3, 0.4) is 0 Å². The van der Waals surface area contributed by atoms with E-state index in [1.54, 1.807) is 5.82 Å². The van der Waals surface area contributed by atoms with E-state index in [2.05, 4.69) is 42.3 Å². The zero-order chi connectivity index (χ0) is 35.8. The minimum atomic E-state index is 1.23. The van der Waals surface area contributed by atoms with Gasteiger partial charge in [0.05, 0.1) is 13.1 Å². The van der Waals surface area contributed by atoms with E-state index in [1.165, 1.54) is 270 Å². The highest BCUT2D eigenvalue weighted by atomic mass is 15.1. The predicted octanol–water partition coefficient (Wildman–Crippen LogP) is 16.6. The maximum Gasteiger partial charge on any atom is 0.256 e. The van der Waals surface area contributed by atoms with E-state index in [-0.39, 0.29) is 0 Å². The van der Waals surface area contributed by atoms with Gasteiger partial charge in [0.2, 0.25) is 0 Å². The first-order valence-corrected chi connectivity index (χ1v) is 23.9. The van der Waals surface area contributed by atoms with Crippen molar-refractivity contribution in [1.29, 1.82) is 0 Å². The van der Waals surface area contributed by atoms with Crippen molar-refractivity contribution in [1.82, 2.24) is 4.57 Å². The van der Waals surface area contributed by atoms with Crippen molar-refractivity contribution in [3.8, 4) is 0 Å². The van der Waals surface area contributed by atoms with Crippen molar-refractivity contribution in [3.63, 3.8) is 0 Å². The van der Waals surface area contributed by atoms with Gasteiger partial charge in [-0.3, -0.25) is 0 Å². The van der Waals surface area contributed by atoms with E-state index in [1.807, 2.05) is 0 Å². The summed E-state index contributed by atoms with van der Waals surface area (Å²) in [6, 6.07) is 0. The first-order chi connectivity index (χ1) is 24.8. The molecule has 0 aliphatic heterocycles. The van der Waals surface area contributed by atoms with E-state index in [0.29, 0.717) is 0 Å². The molecule has 50 heavy (non-hydrogen) atoms. The van der Waals surface area contributed by atoms with Crippen LogP contribution in [0.4, 0.5) is 0 Å². The predicted molar refractivity (Wildman–Crippen MR) is 225 cm³/mol. The van der Waals surface area contributed by atoms with Crippen molar-refractivity contribution in [2.75, 3.05) is 0 Å². The summed E-state index contributed by atoms with van der Waals surface area (Å²) in [7, 11) is 0. The lowest BCUT2D eigenvalue weighted by atomic mass is 10.0. The Hall–Kier alpha value is -0.790. The number of nitrogens with zero attached hydrogens (tertiary/aromatic N) is 2. The summed E-state index contributed by atoms with van der Waals surface area (Å²) in [4.78, 5) is 0. The van der Waals surface area contributed by atoms with Gasteiger partial charge in [-0.25, -0.2) is 9.13 Å². The number of rotatable bonds is 42. The lowest BCUT2D eigenvalue weighted by Gasteiger charge is -2.07. The highest BCUT2D eigenvalue weighted by Crippen LogP contribution is 2.17. The van der Waals surface area contributed by atoms with Gasteiger partial charge in [-0.05, 0) is 32.1 Å². The van der Waals surface area contributed by atoms with Crippen LogP contribution < -0.4 is 4.57 Å². The minimum absolute atomic E-state index is 1.23. The van der Waals surface area contributed by atoms with Crippen LogP contribution in [-0.4, -0.2) is 4.57 Å². The lowest BCUT2D eigenvalue weighted by Crippen LogP contribution is -2.37. The fourth-order valence-electron chi connectivity index (χ4n) is 8.09. The van der Waals surface area contributed by atoms with Gasteiger partial charge in [-0.15, -0.1) is 0 Å². The summed E-state index contributed by atoms with van der Waals surface area (Å²) in [5.41, 5.74) is 0. The molecule has 0 aliphatic carbocycles. The third kappa shape index (κ3) is 30.8. The van der Waals surface area contributed by atoms with Crippen LogP contribution in [0.2, 0.25) is 0 Å². The van der Waals surface area contributed by atoms with Crippen LogP contribution in [0.5, 0.6) is 0 Å². The van der Waals surface area contributed by atoms with Crippen LogP contribution in [-0.2, 0) is 19.5 Å². The molecule has 0 atom stereocenters. The molecule has 0 aliphatic rings. The van der Waals surface area contributed by atoms with Crippen LogP contribution in [0.1, 0.15) is 277 Å². The van der Waals surface area contributed by atoms with Crippen molar-refractivity contribution in [2.24, 2.45) is 0 Å². The van der Waals surface area contributed by atoms with Crippen LogP contribution in [0.25, 0.3) is 0 Å². The zero-order valence-corrected chi connectivity index (χ0v) is 35.2. The quantitative estimate of drug-likeness (QED) is 0.0474. The fourth-order valence-corrected chi connectivity index (χ4v) is 8.09. The molecule has 1 aromatic rings. The molecule has 0 amide bonds. The summed E-state index contributed by atoms with van der Waals surface area (Å²) in [5, 5.41) is 0. The molecule has 0 unspecified atom stereocenters. The van der Waals surface area contributed by atoms with Gasteiger partial charge in [-0.2, -0.15) is 0 Å². The second-order valence-electron chi connectivity index (χ2n) is 16.6. The SMILES string of the molecule is CCCCCCCCCCCCCCCCCc1n(CCCCCCCCCCCCCCC)cc[n+]1CCCCCCCCCCCCC. The van der Waals surface area contributed by atoms with Gasteiger partial charge in [0.15, 0.2) is 0 Å². The van der Waals surface area contributed by atoms with Gasteiger partial charge in [-0.1, -0.05) is 239 Å². The Kier molecular flexibility index (Phi) is 37.2. The first kappa shape index (κ1) is 47.2. The standard InChI is InChI=1S/C48H95N2/c1-4-7-10-13-16-19-22-24-25-26-28-31-34-37-40-43-48-49(44-41-38-35-32-29-21-18-15-12-9-6-3)46-47-50(48)45-42-39-36-33-30-27-23-20-17-14-11-8-5-2/h46-47H,4-45H2,1-3H3/q+1. The molecule has 0 aromatic carbocycles. The first-order valence-electron chi connectivity index (χ1n) is 23.9. The number of imidazole rings is 1. The molecule has 0 radical (unpaired) electrons. The van der Waals surface area contributed by atoms with Gasteiger partial charge < -0.3 is 0 Å². The Balaban J connectivity index is 2.27. The molecule has 0 N–H and O–H groups in total. The van der Waals surface area contributed by atoms with Gasteiger partial charge in [0.1, 0.15) is 12.4 Å². The molecular formula is C48H95N2+. The zero-order valence-electron chi connectivity index (χ0n) is 35.2. The van der Waals surface area contributed by atoms with Crippen molar-refractivity contribution in [3.05, 3.63) is 18.2 Å². The molecule has 0 saturated heterocycles. The monoisotopic (exact) mass is 700 g/mol. The average molecular weight is 700 g/mol. The molecule has 0 fully saturated rings. The lowest BCUT2D eigenvalue weighted by molar-refractivity contribution is -0.704. The maximum absolute atomic E-state index is 2.65. The van der Waals surface area contributed by atoms with E-state index in [9.17, 15) is 0 Å². The summed E-state index contributed by atoms with van der Waals surface area (Å²) >= 11 is 0. The Morgan fingerprint density at radius 2 is 0.620 bits per heavy atom. The van der Waals surface area contributed by atoms with E-state index < -0.39 is 0 Å². The van der Waals surface area contributed by atoms with Crippen LogP contribution >= 0.6 is 0 Å². The molecule has 0 bridgehead atoms. The number of hydrogen-bond acceptors (Lipinski definition) is 0. The number of unbranched alkanes of at least 4 members (excludes halogenated alkanes) is 36. The van der Waals surface area contributed by atoms with Crippen LogP contribution in [0.15, 0.2) is 12.4 Å². The van der Waals surface area contributed by atoms with E-state index >= 15 is 0 Å². The van der Waals surface area contributed by atoms with Crippen molar-refractivity contribution < 1.29 is 4.57 Å². The average Bonchev–Trinajstić information content (AvgIpc) is 3.51. The van der Waals surface area contributed by atoms with Crippen molar-refractivity contribution in [2.45, 2.75) is 291 Å². The Bertz CT molecular complexity index is 766. The molecule has 296 valence electrons. The van der Waals surface area contributed by atoms with Gasteiger partial charge >= 0.3 is 0 Å². The van der Waals surface area contributed by atoms with E-state index in [0.717, 1.165) is 0 Å². The second kappa shape index (κ2) is 39.4. The maximum atomic E-state index is 2.65. The fraction of sp³-hybridized carbons (Fsp3) is 0.938. The summed E-state index contributed by atoms with van der Waals surface area (Å²) in [6.45, 7) is 9.41. The molecule has 1 aromatic heterocycles. The largest absolute Gasteiger partial charge is 0.256 e. The molecule has 0 saturated carbocycles. The van der Waals surface area contributed by atoms with E-state index in [4.69, 9.17) is 0 Å². The number of hydrogen-bond donors (Lipinski definition) is 0. The topological polar surface area (TPSA) is 8.81 Å². The summed E-state index contributed by atoms with van der Waals surface area (Å²) in [5.74, 6) is 1.63. The number of aromatic nitrogens is 2. The van der Waals surface area contributed by atoms with Crippen LogP contribution in [0, 0.1) is 0 Å². The summed E-state index contributed by atoms with van der Waals surface area (Å²) < 4.78 is 5.31. The Labute approximate surface area is 317 Å². The Morgan fingerprint density at radius 1 is 0.340 bits per heavy atom. The highest BCUT2D eigenvalue weighted by Gasteiger charge is 2.16. The highest BCUT2D eigenvalue weighted by molar-refractivity contribution is 4.84. The number of aryl methyl sites for hydroxylation is 2. The Morgan fingerprint density at radius 3 is 0.960 bits per heavy atom. The summed E-state index contributed by atoms with van der Waals surface area (Å²) in [6.07, 6.45) is 62.3. The molecular weight excluding hydrogens is 605 g/mol. The smallest absolute Gasteiger partial charge is 0.234 e.